The van der Waals surface area contributed by atoms with E-state index in [0.29, 0.717) is 5.69 Å². The van der Waals surface area contributed by atoms with E-state index in [1.165, 1.54) is 6.20 Å². The van der Waals surface area contributed by atoms with Crippen LogP contribution < -0.4 is 5.69 Å². The Kier molecular flexibility index (Phi) is 2.41. The summed E-state index contributed by atoms with van der Waals surface area (Å²) in [6.45, 7) is 0. The van der Waals surface area contributed by atoms with E-state index in [1.807, 2.05) is 24.3 Å². The smallest absolute Gasteiger partial charge is 0.244 e. The van der Waals surface area contributed by atoms with Gasteiger partial charge in [0.15, 0.2) is 0 Å². The molecular formula is C9H6BrN3O. The summed E-state index contributed by atoms with van der Waals surface area (Å²) in [5.74, 6) is 0. The van der Waals surface area contributed by atoms with Gasteiger partial charge in [-0.3, -0.25) is 0 Å². The van der Waals surface area contributed by atoms with Gasteiger partial charge in [0.2, 0.25) is 0 Å². The average Bonchev–Trinajstić information content (AvgIpc) is 2.18. The van der Waals surface area contributed by atoms with Crippen LogP contribution in [0, 0.1) is 0 Å². The van der Waals surface area contributed by atoms with Crippen LogP contribution in [0.2, 0.25) is 0 Å². The number of aromatic amines is 1. The van der Waals surface area contributed by atoms with Gasteiger partial charge in [-0.25, -0.2) is 9.89 Å². The summed E-state index contributed by atoms with van der Waals surface area (Å²) >= 11 is 3.34. The van der Waals surface area contributed by atoms with E-state index in [0.717, 1.165) is 10.0 Å². The predicted molar refractivity (Wildman–Crippen MR) is 55.8 cm³/mol. The molecule has 0 amide bonds. The number of nitrogens with zero attached hydrogens (tertiary/aromatic N) is 2. The maximum atomic E-state index is 10.9. The molecule has 0 radical (unpaired) electrons. The standard InChI is InChI=1S/C9H6BrN3O/c10-7-3-1-2-6(4-7)8-5-11-13-9(14)12-8/h1-5H,(H,12,13,14). The summed E-state index contributed by atoms with van der Waals surface area (Å²) in [4.78, 5) is 14.7. The number of H-pyrrole nitrogens is 1. The molecule has 1 aromatic heterocycles. The SMILES string of the molecule is O=c1nc(-c2cccc(Br)c2)cn[nH]1. The van der Waals surface area contributed by atoms with Crippen molar-refractivity contribution in [1.82, 2.24) is 15.2 Å². The van der Waals surface area contributed by atoms with Crippen molar-refractivity contribution in [2.24, 2.45) is 0 Å². The third-order valence-electron chi connectivity index (χ3n) is 1.69. The zero-order valence-corrected chi connectivity index (χ0v) is 8.65. The Labute approximate surface area is 88.1 Å². The minimum atomic E-state index is -0.442. The second kappa shape index (κ2) is 3.71. The number of hydrogen-bond donors (Lipinski definition) is 1. The molecule has 70 valence electrons. The van der Waals surface area contributed by atoms with Gasteiger partial charge >= 0.3 is 5.69 Å². The lowest BCUT2D eigenvalue weighted by Gasteiger charge is -1.98. The Morgan fingerprint density at radius 1 is 1.36 bits per heavy atom. The molecular weight excluding hydrogens is 246 g/mol. The molecule has 14 heavy (non-hydrogen) atoms. The van der Waals surface area contributed by atoms with Gasteiger partial charge in [-0.15, -0.1) is 0 Å². The van der Waals surface area contributed by atoms with E-state index in [-0.39, 0.29) is 0 Å². The van der Waals surface area contributed by atoms with Crippen LogP contribution in [0.15, 0.2) is 39.7 Å². The molecule has 0 spiro atoms. The van der Waals surface area contributed by atoms with E-state index in [2.05, 4.69) is 31.1 Å². The van der Waals surface area contributed by atoms with Gasteiger partial charge < -0.3 is 0 Å². The maximum absolute atomic E-state index is 10.9. The van der Waals surface area contributed by atoms with E-state index in [1.54, 1.807) is 0 Å². The second-order valence-electron chi connectivity index (χ2n) is 2.68. The van der Waals surface area contributed by atoms with Crippen molar-refractivity contribution in [2.45, 2.75) is 0 Å². The zero-order valence-electron chi connectivity index (χ0n) is 7.07. The van der Waals surface area contributed by atoms with Crippen LogP contribution in [0.25, 0.3) is 11.3 Å². The Bertz CT molecular complexity index is 509. The number of halogens is 1. The van der Waals surface area contributed by atoms with Gasteiger partial charge in [0.05, 0.1) is 11.9 Å². The molecule has 1 N–H and O–H groups in total. The molecule has 0 atom stereocenters. The number of hydrogen-bond acceptors (Lipinski definition) is 3. The summed E-state index contributed by atoms with van der Waals surface area (Å²) in [6.07, 6.45) is 1.52. The normalized spacial score (nSPS) is 10.1. The first-order chi connectivity index (χ1) is 6.75. The molecule has 5 heteroatoms. The molecule has 0 aliphatic heterocycles. The molecule has 1 heterocycles. The first-order valence-corrected chi connectivity index (χ1v) is 4.73. The first-order valence-electron chi connectivity index (χ1n) is 3.93. The Hall–Kier alpha value is -1.49. The second-order valence-corrected chi connectivity index (χ2v) is 3.60. The van der Waals surface area contributed by atoms with Crippen molar-refractivity contribution in [3.8, 4) is 11.3 Å². The van der Waals surface area contributed by atoms with Crippen LogP contribution in [-0.2, 0) is 0 Å². The summed E-state index contributed by atoms with van der Waals surface area (Å²) in [6, 6.07) is 7.53. The summed E-state index contributed by atoms with van der Waals surface area (Å²) < 4.78 is 0.942. The van der Waals surface area contributed by atoms with Crippen LogP contribution in [0.3, 0.4) is 0 Å². The summed E-state index contributed by atoms with van der Waals surface area (Å²) in [5.41, 5.74) is 0.982. The molecule has 0 unspecified atom stereocenters. The van der Waals surface area contributed by atoms with Crippen molar-refractivity contribution in [1.29, 1.82) is 0 Å². The highest BCUT2D eigenvalue weighted by atomic mass is 79.9. The van der Waals surface area contributed by atoms with E-state index >= 15 is 0 Å². The lowest BCUT2D eigenvalue weighted by Crippen LogP contribution is -2.11. The lowest BCUT2D eigenvalue weighted by atomic mass is 10.2. The number of aromatic nitrogens is 3. The topological polar surface area (TPSA) is 58.6 Å². The molecule has 1 aromatic carbocycles. The molecule has 0 saturated heterocycles. The zero-order chi connectivity index (χ0) is 9.97. The van der Waals surface area contributed by atoms with E-state index in [4.69, 9.17) is 0 Å². The molecule has 0 aliphatic rings. The predicted octanol–water partition coefficient (Wildman–Crippen LogP) is 1.59. The highest BCUT2D eigenvalue weighted by Crippen LogP contribution is 2.19. The largest absolute Gasteiger partial charge is 0.361 e. The van der Waals surface area contributed by atoms with Crippen LogP contribution in [-0.4, -0.2) is 15.2 Å². The van der Waals surface area contributed by atoms with E-state index < -0.39 is 5.69 Å². The van der Waals surface area contributed by atoms with Crippen molar-refractivity contribution in [2.75, 3.05) is 0 Å². The van der Waals surface area contributed by atoms with Crippen molar-refractivity contribution < 1.29 is 0 Å². The van der Waals surface area contributed by atoms with Gasteiger partial charge in [-0.2, -0.15) is 10.1 Å². The van der Waals surface area contributed by atoms with Crippen molar-refractivity contribution >= 4 is 15.9 Å². The number of benzene rings is 1. The number of nitrogens with one attached hydrogen (secondary N) is 1. The molecule has 0 fully saturated rings. The molecule has 0 bridgehead atoms. The Morgan fingerprint density at radius 2 is 2.21 bits per heavy atom. The van der Waals surface area contributed by atoms with Gasteiger partial charge in [-0.1, -0.05) is 28.1 Å². The number of rotatable bonds is 1. The molecule has 4 nitrogen and oxygen atoms in total. The fourth-order valence-corrected chi connectivity index (χ4v) is 1.50. The van der Waals surface area contributed by atoms with Crippen LogP contribution in [0.1, 0.15) is 0 Å². The molecule has 0 aliphatic carbocycles. The monoisotopic (exact) mass is 251 g/mol. The fourth-order valence-electron chi connectivity index (χ4n) is 1.10. The van der Waals surface area contributed by atoms with Gasteiger partial charge in [-0.05, 0) is 12.1 Å². The van der Waals surface area contributed by atoms with Crippen LogP contribution in [0.5, 0.6) is 0 Å². The maximum Gasteiger partial charge on any atom is 0.361 e. The summed E-state index contributed by atoms with van der Waals surface area (Å²) in [5, 5.41) is 5.90. The third-order valence-corrected chi connectivity index (χ3v) is 2.18. The molecule has 2 aromatic rings. The fraction of sp³-hybridized carbons (Fsp3) is 0. The van der Waals surface area contributed by atoms with Crippen molar-refractivity contribution in [3.05, 3.63) is 45.4 Å². The minimum absolute atomic E-state index is 0.442. The van der Waals surface area contributed by atoms with Gasteiger partial charge in [0, 0.05) is 10.0 Å². The quantitative estimate of drug-likeness (QED) is 0.838. The Morgan fingerprint density at radius 3 is 2.93 bits per heavy atom. The van der Waals surface area contributed by atoms with Gasteiger partial charge in [0.25, 0.3) is 0 Å². The first kappa shape index (κ1) is 9.08. The van der Waals surface area contributed by atoms with E-state index in [9.17, 15) is 4.79 Å². The third kappa shape index (κ3) is 1.88. The summed E-state index contributed by atoms with van der Waals surface area (Å²) in [7, 11) is 0. The Balaban J connectivity index is 2.55. The molecule has 0 saturated carbocycles. The lowest BCUT2D eigenvalue weighted by molar-refractivity contribution is 0.919. The van der Waals surface area contributed by atoms with Gasteiger partial charge in [0.1, 0.15) is 0 Å². The molecule has 2 rings (SSSR count). The minimum Gasteiger partial charge on any atom is -0.244 e. The highest BCUT2D eigenvalue weighted by molar-refractivity contribution is 9.10. The van der Waals surface area contributed by atoms with Crippen molar-refractivity contribution in [3.63, 3.8) is 0 Å². The highest BCUT2D eigenvalue weighted by Gasteiger charge is 2.00. The van der Waals surface area contributed by atoms with Crippen LogP contribution >= 0.6 is 15.9 Å². The van der Waals surface area contributed by atoms with Crippen LogP contribution in [0.4, 0.5) is 0 Å². The average molecular weight is 252 g/mol.